The van der Waals surface area contributed by atoms with E-state index in [-0.39, 0.29) is 5.91 Å². The lowest BCUT2D eigenvalue weighted by Gasteiger charge is -2.15. The van der Waals surface area contributed by atoms with Crippen molar-refractivity contribution in [2.75, 3.05) is 4.90 Å². The van der Waals surface area contributed by atoms with Crippen LogP contribution in [0.25, 0.3) is 34.0 Å². The maximum Gasteiger partial charge on any atom is 0.260 e. The van der Waals surface area contributed by atoms with Crippen LogP contribution in [-0.4, -0.2) is 41.1 Å². The number of carbonyl (C=O) groups is 1. The topological polar surface area (TPSA) is 105 Å². The number of hydrogen-bond acceptors (Lipinski definition) is 6. The molecule has 1 aliphatic carbocycles. The number of nitrogens with zero attached hydrogens (tertiary/aromatic N) is 7. The van der Waals surface area contributed by atoms with Crippen LogP contribution in [0.4, 0.5) is 5.82 Å². The second kappa shape index (κ2) is 7.69. The van der Waals surface area contributed by atoms with Crippen LogP contribution in [0.1, 0.15) is 34.8 Å². The summed E-state index contributed by atoms with van der Waals surface area (Å²) in [6.07, 6.45) is 6.16. The summed E-state index contributed by atoms with van der Waals surface area (Å²) in [5.74, 6) is 1.96. The summed E-state index contributed by atoms with van der Waals surface area (Å²) in [7, 11) is 0. The van der Waals surface area contributed by atoms with Crippen LogP contribution >= 0.6 is 0 Å². The number of pyridine rings is 1. The SMILES string of the molecule is O=C1c2cc(-c3cccc(-c4nn[nH]n4)c3)ccc2CN1c1cccc(-c2nccn2C2CC2)n1. The lowest BCUT2D eigenvalue weighted by molar-refractivity contribution is 0.0996. The van der Waals surface area contributed by atoms with E-state index in [0.29, 0.717) is 29.8 Å². The molecule has 2 aliphatic rings. The molecule has 0 saturated heterocycles. The lowest BCUT2D eigenvalue weighted by atomic mass is 9.99. The number of imidazole rings is 1. The number of aromatic nitrogens is 7. The van der Waals surface area contributed by atoms with Crippen LogP contribution in [0.3, 0.4) is 0 Å². The number of anilines is 1. The Balaban J connectivity index is 1.20. The molecule has 9 heteroatoms. The maximum atomic E-state index is 13.5. The molecule has 5 aromatic rings. The molecule has 7 rings (SSSR count). The summed E-state index contributed by atoms with van der Waals surface area (Å²) >= 11 is 0. The second-order valence-electron chi connectivity index (χ2n) is 8.85. The highest BCUT2D eigenvalue weighted by molar-refractivity contribution is 6.10. The van der Waals surface area contributed by atoms with Crippen LogP contribution < -0.4 is 4.90 Å². The van der Waals surface area contributed by atoms with Gasteiger partial charge in [-0.25, -0.2) is 9.97 Å². The minimum absolute atomic E-state index is 0.0497. The van der Waals surface area contributed by atoms with E-state index in [2.05, 4.69) is 30.2 Å². The third kappa shape index (κ3) is 3.40. The molecule has 1 aliphatic heterocycles. The van der Waals surface area contributed by atoms with Crippen LogP contribution in [0.15, 0.2) is 73.1 Å². The fourth-order valence-corrected chi connectivity index (χ4v) is 4.64. The average molecular weight is 461 g/mol. The molecule has 170 valence electrons. The van der Waals surface area contributed by atoms with Gasteiger partial charge in [-0.1, -0.05) is 36.4 Å². The van der Waals surface area contributed by atoms with Crippen molar-refractivity contribution in [2.24, 2.45) is 0 Å². The molecule has 1 fully saturated rings. The standard InChI is InChI=1S/C26H20N8O/c35-26-21-14-17(16-3-1-4-18(13-16)24-29-31-32-30-24)7-8-19(21)15-34(26)23-6-2-5-22(28-23)25-27-11-12-33(25)20-9-10-20/h1-8,11-14,20H,9-10,15H2,(H,29,30,31,32). The predicted octanol–water partition coefficient (Wildman–Crippen LogP) is 4.29. The molecule has 2 aromatic carbocycles. The zero-order valence-electron chi connectivity index (χ0n) is 18.7. The molecule has 0 unspecified atom stereocenters. The van der Waals surface area contributed by atoms with Crippen molar-refractivity contribution < 1.29 is 4.79 Å². The number of rotatable bonds is 5. The van der Waals surface area contributed by atoms with Crippen LogP contribution in [-0.2, 0) is 6.54 Å². The molecular formula is C26H20N8O. The number of hydrogen-bond donors (Lipinski definition) is 1. The minimum atomic E-state index is -0.0497. The van der Waals surface area contributed by atoms with E-state index in [1.807, 2.05) is 73.1 Å². The zero-order chi connectivity index (χ0) is 23.4. The molecular weight excluding hydrogens is 440 g/mol. The molecule has 9 nitrogen and oxygen atoms in total. The Hall–Kier alpha value is -4.66. The van der Waals surface area contributed by atoms with Crippen LogP contribution in [0.2, 0.25) is 0 Å². The van der Waals surface area contributed by atoms with E-state index >= 15 is 0 Å². The van der Waals surface area contributed by atoms with Crippen molar-refractivity contribution >= 4 is 11.7 Å². The summed E-state index contributed by atoms with van der Waals surface area (Å²) in [5, 5.41) is 14.2. The second-order valence-corrected chi connectivity index (χ2v) is 8.85. The van der Waals surface area contributed by atoms with Gasteiger partial charge in [-0.3, -0.25) is 9.69 Å². The number of aromatic amines is 1. The van der Waals surface area contributed by atoms with Gasteiger partial charge in [0.15, 0.2) is 5.82 Å². The Labute approximate surface area is 200 Å². The third-order valence-corrected chi connectivity index (χ3v) is 6.56. The van der Waals surface area contributed by atoms with Crippen LogP contribution in [0, 0.1) is 0 Å². The van der Waals surface area contributed by atoms with Gasteiger partial charge in [-0.05, 0) is 59.0 Å². The zero-order valence-corrected chi connectivity index (χ0v) is 18.7. The number of H-pyrrole nitrogens is 1. The molecule has 1 amide bonds. The fourth-order valence-electron chi connectivity index (χ4n) is 4.64. The van der Waals surface area contributed by atoms with E-state index in [1.54, 1.807) is 4.90 Å². The van der Waals surface area contributed by atoms with Crippen molar-refractivity contribution in [2.45, 2.75) is 25.4 Å². The summed E-state index contributed by atoms with van der Waals surface area (Å²) in [5.41, 5.74) is 5.25. The number of carbonyl (C=O) groups excluding carboxylic acids is 1. The molecule has 1 saturated carbocycles. The van der Waals surface area contributed by atoms with Crippen molar-refractivity contribution in [1.29, 1.82) is 0 Å². The monoisotopic (exact) mass is 460 g/mol. The third-order valence-electron chi connectivity index (χ3n) is 6.56. The Morgan fingerprint density at radius 3 is 2.66 bits per heavy atom. The fraction of sp³-hybridized carbons (Fsp3) is 0.154. The number of benzene rings is 2. The van der Waals surface area contributed by atoms with Crippen LogP contribution in [0.5, 0.6) is 0 Å². The van der Waals surface area contributed by atoms with Crippen molar-refractivity contribution in [3.8, 4) is 34.0 Å². The van der Waals surface area contributed by atoms with E-state index in [4.69, 9.17) is 4.98 Å². The van der Waals surface area contributed by atoms with Crippen molar-refractivity contribution in [1.82, 2.24) is 35.2 Å². The normalized spacial score (nSPS) is 15.0. The van der Waals surface area contributed by atoms with E-state index in [1.165, 1.54) is 12.8 Å². The Bertz CT molecular complexity index is 1570. The van der Waals surface area contributed by atoms with Gasteiger partial charge in [-0.15, -0.1) is 10.2 Å². The molecule has 3 aromatic heterocycles. The summed E-state index contributed by atoms with van der Waals surface area (Å²) in [4.78, 5) is 24.5. The highest BCUT2D eigenvalue weighted by Gasteiger charge is 2.31. The van der Waals surface area contributed by atoms with E-state index < -0.39 is 0 Å². The highest BCUT2D eigenvalue weighted by Crippen LogP contribution is 2.38. The lowest BCUT2D eigenvalue weighted by Crippen LogP contribution is -2.24. The molecule has 0 atom stereocenters. The quantitative estimate of drug-likeness (QED) is 0.420. The average Bonchev–Trinajstić information content (AvgIpc) is 3.28. The summed E-state index contributed by atoms with van der Waals surface area (Å²) < 4.78 is 2.18. The smallest absolute Gasteiger partial charge is 0.260 e. The Morgan fingerprint density at radius 2 is 1.80 bits per heavy atom. The molecule has 0 bridgehead atoms. The molecule has 1 N–H and O–H groups in total. The molecule has 4 heterocycles. The van der Waals surface area contributed by atoms with Gasteiger partial charge in [-0.2, -0.15) is 5.21 Å². The first-order chi connectivity index (χ1) is 17.2. The number of fused-ring (bicyclic) bond motifs is 1. The van der Waals surface area contributed by atoms with E-state index in [0.717, 1.165) is 33.8 Å². The molecule has 35 heavy (non-hydrogen) atoms. The predicted molar refractivity (Wildman–Crippen MR) is 129 cm³/mol. The van der Waals surface area contributed by atoms with Crippen molar-refractivity contribution in [3.05, 3.63) is 84.2 Å². The van der Waals surface area contributed by atoms with E-state index in [9.17, 15) is 4.79 Å². The van der Waals surface area contributed by atoms with Gasteiger partial charge in [0.2, 0.25) is 5.82 Å². The Morgan fingerprint density at radius 1 is 0.943 bits per heavy atom. The first-order valence-electron chi connectivity index (χ1n) is 11.5. The van der Waals surface area contributed by atoms with Gasteiger partial charge in [0.05, 0.1) is 6.54 Å². The minimum Gasteiger partial charge on any atom is -0.327 e. The van der Waals surface area contributed by atoms with Gasteiger partial charge in [0.1, 0.15) is 11.5 Å². The largest absolute Gasteiger partial charge is 0.327 e. The molecule has 0 radical (unpaired) electrons. The maximum absolute atomic E-state index is 13.5. The number of amides is 1. The van der Waals surface area contributed by atoms with Gasteiger partial charge < -0.3 is 4.57 Å². The number of tetrazole rings is 1. The summed E-state index contributed by atoms with van der Waals surface area (Å²) in [6.45, 7) is 0.491. The van der Waals surface area contributed by atoms with Gasteiger partial charge >= 0.3 is 0 Å². The first kappa shape index (κ1) is 19.8. The molecule has 0 spiro atoms. The highest BCUT2D eigenvalue weighted by atomic mass is 16.2. The number of nitrogens with one attached hydrogen (secondary N) is 1. The van der Waals surface area contributed by atoms with Crippen molar-refractivity contribution in [3.63, 3.8) is 0 Å². The Kier molecular flexibility index (Phi) is 4.35. The van der Waals surface area contributed by atoms with Gasteiger partial charge in [0, 0.05) is 29.6 Å². The van der Waals surface area contributed by atoms with Gasteiger partial charge in [0.25, 0.3) is 5.91 Å². The first-order valence-corrected chi connectivity index (χ1v) is 11.5. The summed E-state index contributed by atoms with van der Waals surface area (Å²) in [6, 6.07) is 20.2.